The molecule has 2 aliphatic rings. The van der Waals surface area contributed by atoms with Gasteiger partial charge in [-0.05, 0) is 36.1 Å². The van der Waals surface area contributed by atoms with Crippen LogP contribution in [0, 0.1) is 5.92 Å². The van der Waals surface area contributed by atoms with Crippen LogP contribution in [0.25, 0.3) is 0 Å². The maximum Gasteiger partial charge on any atom is 0.227 e. The zero-order chi connectivity index (χ0) is 19.3. The van der Waals surface area contributed by atoms with Crippen LogP contribution in [0.2, 0.25) is 0 Å². The minimum Gasteiger partial charge on any atom is -0.356 e. The van der Waals surface area contributed by atoms with Gasteiger partial charge in [0.15, 0.2) is 0 Å². The van der Waals surface area contributed by atoms with E-state index in [-0.39, 0.29) is 17.7 Å². The first kappa shape index (κ1) is 18.7. The molecule has 0 aliphatic carbocycles. The molecule has 0 saturated carbocycles. The third kappa shape index (κ3) is 4.25. The van der Waals surface area contributed by atoms with Crippen molar-refractivity contribution in [1.82, 2.24) is 10.2 Å². The second-order valence-electron chi connectivity index (χ2n) is 7.68. The zero-order valence-electron chi connectivity index (χ0n) is 16.1. The van der Waals surface area contributed by atoms with Crippen LogP contribution in [-0.2, 0) is 22.6 Å². The van der Waals surface area contributed by atoms with E-state index in [1.807, 2.05) is 30.3 Å². The Labute approximate surface area is 166 Å². The van der Waals surface area contributed by atoms with E-state index in [9.17, 15) is 9.59 Å². The van der Waals surface area contributed by atoms with Crippen LogP contribution in [0.5, 0.6) is 0 Å². The van der Waals surface area contributed by atoms with Crippen molar-refractivity contribution < 1.29 is 9.59 Å². The Balaban J connectivity index is 1.20. The molecule has 1 saturated heterocycles. The number of benzene rings is 2. The van der Waals surface area contributed by atoms with E-state index in [4.69, 9.17) is 0 Å². The molecule has 1 unspecified atom stereocenters. The van der Waals surface area contributed by atoms with E-state index in [1.165, 1.54) is 11.1 Å². The molecule has 1 atom stereocenters. The second kappa shape index (κ2) is 8.57. The number of para-hydroxylation sites is 1. The molecule has 5 heteroatoms. The molecule has 146 valence electrons. The average Bonchev–Trinajstić information content (AvgIpc) is 3.13. The molecule has 5 nitrogen and oxygen atoms in total. The van der Waals surface area contributed by atoms with Crippen molar-refractivity contribution in [3.05, 3.63) is 65.7 Å². The van der Waals surface area contributed by atoms with Crippen molar-refractivity contribution in [2.45, 2.75) is 25.8 Å². The molecule has 0 aromatic heterocycles. The summed E-state index contributed by atoms with van der Waals surface area (Å²) in [5, 5.41) is 3.03. The van der Waals surface area contributed by atoms with Crippen molar-refractivity contribution in [3.8, 4) is 0 Å². The number of hydrogen-bond donors (Lipinski definition) is 1. The third-order valence-electron chi connectivity index (χ3n) is 5.72. The monoisotopic (exact) mass is 377 g/mol. The van der Waals surface area contributed by atoms with Crippen LogP contribution >= 0.6 is 0 Å². The van der Waals surface area contributed by atoms with Crippen molar-refractivity contribution in [3.63, 3.8) is 0 Å². The molecular weight excluding hydrogens is 350 g/mol. The number of carbonyl (C=O) groups excluding carboxylic acids is 2. The van der Waals surface area contributed by atoms with E-state index < -0.39 is 0 Å². The highest BCUT2D eigenvalue weighted by molar-refractivity contribution is 6.00. The summed E-state index contributed by atoms with van der Waals surface area (Å²) in [6, 6.07) is 18.2. The smallest absolute Gasteiger partial charge is 0.227 e. The van der Waals surface area contributed by atoms with Gasteiger partial charge in [0.1, 0.15) is 0 Å². The molecule has 2 amide bonds. The van der Waals surface area contributed by atoms with Gasteiger partial charge in [-0.15, -0.1) is 0 Å². The van der Waals surface area contributed by atoms with Crippen LogP contribution in [0.15, 0.2) is 54.6 Å². The summed E-state index contributed by atoms with van der Waals surface area (Å²) in [6.45, 7) is 4.18. The van der Waals surface area contributed by atoms with E-state index >= 15 is 0 Å². The Morgan fingerprint density at radius 3 is 2.61 bits per heavy atom. The highest BCUT2D eigenvalue weighted by atomic mass is 16.2. The van der Waals surface area contributed by atoms with Crippen LogP contribution < -0.4 is 10.2 Å². The Kier molecular flexibility index (Phi) is 5.72. The predicted molar refractivity (Wildman–Crippen MR) is 110 cm³/mol. The Morgan fingerprint density at radius 2 is 1.79 bits per heavy atom. The minimum absolute atomic E-state index is 0.00392. The lowest BCUT2D eigenvalue weighted by Crippen LogP contribution is -2.36. The van der Waals surface area contributed by atoms with Crippen molar-refractivity contribution >= 4 is 17.5 Å². The van der Waals surface area contributed by atoms with Crippen LogP contribution in [0.4, 0.5) is 5.69 Å². The molecule has 1 fully saturated rings. The summed E-state index contributed by atoms with van der Waals surface area (Å²) in [6.07, 6.45) is 2.32. The molecule has 2 aromatic rings. The first-order valence-electron chi connectivity index (χ1n) is 10.1. The number of fused-ring (bicyclic) bond motifs is 1. The zero-order valence-corrected chi connectivity index (χ0v) is 16.1. The number of nitrogens with one attached hydrogen (secondary N) is 1. The number of nitrogens with zero attached hydrogens (tertiary/aromatic N) is 2. The van der Waals surface area contributed by atoms with E-state index in [0.717, 1.165) is 38.2 Å². The van der Waals surface area contributed by atoms with Crippen molar-refractivity contribution in [1.29, 1.82) is 0 Å². The van der Waals surface area contributed by atoms with E-state index in [2.05, 4.69) is 34.5 Å². The molecule has 0 spiro atoms. The van der Waals surface area contributed by atoms with E-state index in [1.54, 1.807) is 4.90 Å². The fraction of sp³-hybridized carbons (Fsp3) is 0.391. The second-order valence-corrected chi connectivity index (χ2v) is 7.68. The van der Waals surface area contributed by atoms with Gasteiger partial charge in [0.2, 0.25) is 11.8 Å². The number of rotatable bonds is 6. The van der Waals surface area contributed by atoms with Crippen molar-refractivity contribution in [2.24, 2.45) is 5.92 Å². The summed E-state index contributed by atoms with van der Waals surface area (Å²) < 4.78 is 0. The van der Waals surface area contributed by atoms with E-state index in [0.29, 0.717) is 19.5 Å². The van der Waals surface area contributed by atoms with Crippen molar-refractivity contribution in [2.75, 3.05) is 31.1 Å². The molecule has 2 heterocycles. The third-order valence-corrected chi connectivity index (χ3v) is 5.72. The number of anilines is 1. The van der Waals surface area contributed by atoms with Gasteiger partial charge in [-0.25, -0.2) is 0 Å². The first-order valence-corrected chi connectivity index (χ1v) is 10.1. The standard InChI is InChI=1S/C23H27N3O2/c27-22-15-20(17-26(22)21-9-2-1-3-10-21)23(28)24-12-6-13-25-14-11-18-7-4-5-8-19(18)16-25/h1-5,7-10,20H,6,11-17H2,(H,24,28). The topological polar surface area (TPSA) is 52.7 Å². The highest BCUT2D eigenvalue weighted by Crippen LogP contribution is 2.25. The minimum atomic E-state index is -0.255. The van der Waals surface area contributed by atoms with Gasteiger partial charge in [-0.1, -0.05) is 42.5 Å². The maximum absolute atomic E-state index is 12.5. The molecule has 1 N–H and O–H groups in total. The Hall–Kier alpha value is -2.66. The average molecular weight is 377 g/mol. The fourth-order valence-electron chi connectivity index (χ4n) is 4.14. The lowest BCUT2D eigenvalue weighted by Gasteiger charge is -2.28. The van der Waals surface area contributed by atoms with Crippen LogP contribution in [-0.4, -0.2) is 42.9 Å². The van der Waals surface area contributed by atoms with Crippen LogP contribution in [0.3, 0.4) is 0 Å². The summed E-state index contributed by atoms with van der Waals surface area (Å²) in [5.41, 5.74) is 3.75. The van der Waals surface area contributed by atoms with Gasteiger partial charge in [0, 0.05) is 44.8 Å². The summed E-state index contributed by atoms with van der Waals surface area (Å²) >= 11 is 0. The molecule has 2 aromatic carbocycles. The summed E-state index contributed by atoms with van der Waals surface area (Å²) in [7, 11) is 0. The Bertz CT molecular complexity index is 837. The number of hydrogen-bond acceptors (Lipinski definition) is 3. The lowest BCUT2D eigenvalue weighted by molar-refractivity contribution is -0.126. The normalized spacial score (nSPS) is 19.5. The highest BCUT2D eigenvalue weighted by Gasteiger charge is 2.34. The number of amides is 2. The molecule has 0 bridgehead atoms. The van der Waals surface area contributed by atoms with Gasteiger partial charge in [0.25, 0.3) is 0 Å². The summed E-state index contributed by atoms with van der Waals surface area (Å²) in [5.74, 6) is -0.233. The summed E-state index contributed by atoms with van der Waals surface area (Å²) in [4.78, 5) is 28.9. The van der Waals surface area contributed by atoms with Gasteiger partial charge < -0.3 is 10.2 Å². The van der Waals surface area contributed by atoms with Crippen LogP contribution in [0.1, 0.15) is 24.0 Å². The molecular formula is C23H27N3O2. The largest absolute Gasteiger partial charge is 0.356 e. The van der Waals surface area contributed by atoms with Gasteiger partial charge >= 0.3 is 0 Å². The van der Waals surface area contributed by atoms with Gasteiger partial charge in [0.05, 0.1) is 5.92 Å². The predicted octanol–water partition coefficient (Wildman–Crippen LogP) is 2.60. The first-order chi connectivity index (χ1) is 13.7. The molecule has 0 radical (unpaired) electrons. The van der Waals surface area contributed by atoms with Gasteiger partial charge in [-0.3, -0.25) is 14.5 Å². The molecule has 28 heavy (non-hydrogen) atoms. The fourth-order valence-corrected chi connectivity index (χ4v) is 4.14. The lowest BCUT2D eigenvalue weighted by atomic mass is 10.00. The molecule has 4 rings (SSSR count). The van der Waals surface area contributed by atoms with Gasteiger partial charge in [-0.2, -0.15) is 0 Å². The number of carbonyl (C=O) groups is 2. The quantitative estimate of drug-likeness (QED) is 0.788. The SMILES string of the molecule is O=C(NCCCN1CCc2ccccc2C1)C1CC(=O)N(c2ccccc2)C1. The Morgan fingerprint density at radius 1 is 1.04 bits per heavy atom. The molecule has 2 aliphatic heterocycles. The maximum atomic E-state index is 12.5.